The molecule has 2 saturated heterocycles. The molecule has 1 saturated carbocycles. The van der Waals surface area contributed by atoms with E-state index in [1.165, 1.54) is 49.7 Å². The summed E-state index contributed by atoms with van der Waals surface area (Å²) in [6.45, 7) is 4.96. The lowest BCUT2D eigenvalue weighted by molar-refractivity contribution is -0.0134. The Morgan fingerprint density at radius 2 is 2.22 bits per heavy atom. The minimum Gasteiger partial charge on any atom is -0.497 e. The number of ether oxygens (including phenoxy) is 1. The summed E-state index contributed by atoms with van der Waals surface area (Å²) in [5.74, 6) is 3.46. The number of rotatable bonds is 2. The Hall–Kier alpha value is -1.48. The minimum absolute atomic E-state index is 0.711. The molecule has 23 heavy (non-hydrogen) atoms. The summed E-state index contributed by atoms with van der Waals surface area (Å²) < 4.78 is 5.42. The Bertz CT molecular complexity index is 749. The lowest BCUT2D eigenvalue weighted by Gasteiger charge is -2.53. The van der Waals surface area contributed by atoms with E-state index in [4.69, 9.17) is 4.74 Å². The molecule has 4 heterocycles. The van der Waals surface area contributed by atoms with Crippen molar-refractivity contribution in [3.63, 3.8) is 0 Å². The monoisotopic (exact) mass is 310 g/mol. The van der Waals surface area contributed by atoms with E-state index >= 15 is 0 Å². The summed E-state index contributed by atoms with van der Waals surface area (Å²) in [6, 6.07) is 7.29. The summed E-state index contributed by atoms with van der Waals surface area (Å²) >= 11 is 0. The Kier molecular flexibility index (Phi) is 3.03. The van der Waals surface area contributed by atoms with Crippen molar-refractivity contribution < 1.29 is 4.74 Å². The van der Waals surface area contributed by atoms with Crippen molar-refractivity contribution in [2.75, 3.05) is 20.2 Å². The number of hydrogen-bond acceptors (Lipinski definition) is 2. The van der Waals surface area contributed by atoms with E-state index in [0.717, 1.165) is 23.6 Å². The second-order valence-electron chi connectivity index (χ2n) is 7.78. The number of H-pyrrole nitrogens is 1. The summed E-state index contributed by atoms with van der Waals surface area (Å²) in [5.41, 5.74) is 4.39. The van der Waals surface area contributed by atoms with Crippen molar-refractivity contribution >= 4 is 10.9 Å². The molecular formula is C20H26N2O. The molecule has 2 unspecified atom stereocenters. The molecule has 3 nitrogen and oxygen atoms in total. The van der Waals surface area contributed by atoms with Crippen molar-refractivity contribution in [3.8, 4) is 5.75 Å². The normalized spacial score (nSPS) is 35.1. The SMILES string of the molecule is CC[C@H]1C[C@H]2C[C@H]3c4[nH]c5cc(OC)ccc5c4CCN(C2)C13. The number of methoxy groups -OCH3 is 1. The predicted octanol–water partition coefficient (Wildman–Crippen LogP) is 3.94. The lowest BCUT2D eigenvalue weighted by atomic mass is 9.65. The Morgan fingerprint density at radius 3 is 3.04 bits per heavy atom. The average Bonchev–Trinajstić information content (AvgIpc) is 2.92. The Balaban J connectivity index is 1.66. The van der Waals surface area contributed by atoms with Crippen LogP contribution in [0.5, 0.6) is 5.75 Å². The molecule has 5 atom stereocenters. The molecule has 3 aliphatic heterocycles. The number of nitrogens with zero attached hydrogens (tertiary/aromatic N) is 1. The van der Waals surface area contributed by atoms with Gasteiger partial charge >= 0.3 is 0 Å². The van der Waals surface area contributed by atoms with Crippen LogP contribution < -0.4 is 4.74 Å². The van der Waals surface area contributed by atoms with Gasteiger partial charge in [0.2, 0.25) is 0 Å². The number of aromatic nitrogens is 1. The van der Waals surface area contributed by atoms with Crippen LogP contribution in [0.4, 0.5) is 0 Å². The van der Waals surface area contributed by atoms with Gasteiger partial charge in [0, 0.05) is 47.7 Å². The van der Waals surface area contributed by atoms with Gasteiger partial charge in [-0.2, -0.15) is 0 Å². The largest absolute Gasteiger partial charge is 0.497 e. The number of benzene rings is 1. The molecule has 122 valence electrons. The molecule has 0 spiro atoms. The van der Waals surface area contributed by atoms with Crippen molar-refractivity contribution in [1.29, 1.82) is 0 Å². The Labute approximate surface area is 138 Å². The van der Waals surface area contributed by atoms with Crippen LogP contribution in [0, 0.1) is 11.8 Å². The van der Waals surface area contributed by atoms with Crippen molar-refractivity contribution in [2.24, 2.45) is 11.8 Å². The summed E-state index contributed by atoms with van der Waals surface area (Å²) in [4.78, 5) is 6.63. The third-order valence-corrected chi connectivity index (χ3v) is 6.72. The topological polar surface area (TPSA) is 28.3 Å². The molecule has 0 amide bonds. The highest BCUT2D eigenvalue weighted by molar-refractivity contribution is 5.86. The fraction of sp³-hybridized carbons (Fsp3) is 0.600. The zero-order chi connectivity index (χ0) is 15.6. The molecule has 4 aliphatic rings. The van der Waals surface area contributed by atoms with Crippen molar-refractivity contribution in [1.82, 2.24) is 9.88 Å². The highest BCUT2D eigenvalue weighted by Crippen LogP contribution is 2.51. The van der Waals surface area contributed by atoms with Gasteiger partial charge in [0.25, 0.3) is 0 Å². The van der Waals surface area contributed by atoms with E-state index in [2.05, 4.69) is 35.0 Å². The number of piperidine rings is 2. The van der Waals surface area contributed by atoms with E-state index < -0.39 is 0 Å². The van der Waals surface area contributed by atoms with Crippen LogP contribution in [0.25, 0.3) is 10.9 Å². The highest BCUT2D eigenvalue weighted by Gasteiger charge is 2.48. The molecule has 3 heteroatoms. The quantitative estimate of drug-likeness (QED) is 0.910. The van der Waals surface area contributed by atoms with Crippen LogP contribution in [0.1, 0.15) is 43.4 Å². The van der Waals surface area contributed by atoms with Crippen LogP contribution in [0.2, 0.25) is 0 Å². The van der Waals surface area contributed by atoms with Crippen LogP contribution >= 0.6 is 0 Å². The molecule has 2 aromatic rings. The summed E-state index contributed by atoms with van der Waals surface area (Å²) in [6.07, 6.45) is 5.36. The first-order chi connectivity index (χ1) is 11.3. The van der Waals surface area contributed by atoms with Gasteiger partial charge in [0.05, 0.1) is 7.11 Å². The summed E-state index contributed by atoms with van der Waals surface area (Å²) in [7, 11) is 1.75. The second-order valence-corrected chi connectivity index (χ2v) is 7.78. The molecular weight excluding hydrogens is 284 g/mol. The van der Waals surface area contributed by atoms with Crippen LogP contribution in [0.3, 0.4) is 0 Å². The Morgan fingerprint density at radius 1 is 1.30 bits per heavy atom. The molecule has 1 aliphatic carbocycles. The summed E-state index contributed by atoms with van der Waals surface area (Å²) in [5, 5.41) is 1.42. The van der Waals surface area contributed by atoms with Crippen molar-refractivity contribution in [3.05, 3.63) is 29.5 Å². The van der Waals surface area contributed by atoms with Gasteiger partial charge in [0.15, 0.2) is 0 Å². The maximum atomic E-state index is 5.42. The number of fused-ring (bicyclic) bond motifs is 4. The first-order valence-electron chi connectivity index (χ1n) is 9.21. The highest BCUT2D eigenvalue weighted by atomic mass is 16.5. The van der Waals surface area contributed by atoms with Crippen LogP contribution in [-0.2, 0) is 6.42 Å². The number of nitrogens with one attached hydrogen (secondary N) is 1. The van der Waals surface area contributed by atoms with Crippen LogP contribution in [0.15, 0.2) is 18.2 Å². The van der Waals surface area contributed by atoms with E-state index in [0.29, 0.717) is 5.92 Å². The first kappa shape index (κ1) is 13.9. The molecule has 1 aromatic heterocycles. The maximum Gasteiger partial charge on any atom is 0.120 e. The van der Waals surface area contributed by atoms with E-state index in [1.807, 2.05) is 0 Å². The van der Waals surface area contributed by atoms with Gasteiger partial charge < -0.3 is 9.72 Å². The zero-order valence-electron chi connectivity index (χ0n) is 14.1. The average molecular weight is 310 g/mol. The van der Waals surface area contributed by atoms with Gasteiger partial charge in [-0.1, -0.05) is 13.3 Å². The lowest BCUT2D eigenvalue weighted by Crippen LogP contribution is -2.56. The molecule has 6 rings (SSSR count). The third kappa shape index (κ3) is 1.92. The number of aromatic amines is 1. The second kappa shape index (κ2) is 5.01. The van der Waals surface area contributed by atoms with Gasteiger partial charge in [-0.3, -0.25) is 4.90 Å². The third-order valence-electron chi connectivity index (χ3n) is 6.72. The zero-order valence-corrected chi connectivity index (χ0v) is 14.1. The minimum atomic E-state index is 0.711. The standard InChI is InChI=1S/C20H26N2O/c1-3-13-8-12-9-17-19-16(6-7-22(11-12)20(13)17)15-5-4-14(23-2)10-18(15)21-19/h4-5,10,12-13,17,20-21H,3,6-9,11H2,1-2H3/t12-,13-,17-,20?/m0/s1. The van der Waals surface area contributed by atoms with Crippen molar-refractivity contribution in [2.45, 2.75) is 44.6 Å². The molecule has 1 aromatic carbocycles. The molecule has 1 N–H and O–H groups in total. The fourth-order valence-corrected chi connectivity index (χ4v) is 5.81. The first-order valence-corrected chi connectivity index (χ1v) is 9.21. The number of hydrogen-bond donors (Lipinski definition) is 1. The predicted molar refractivity (Wildman–Crippen MR) is 93.2 cm³/mol. The van der Waals surface area contributed by atoms with Crippen LogP contribution in [-0.4, -0.2) is 36.1 Å². The maximum absolute atomic E-state index is 5.42. The smallest absolute Gasteiger partial charge is 0.120 e. The van der Waals surface area contributed by atoms with Gasteiger partial charge in [-0.25, -0.2) is 0 Å². The molecule has 3 fully saturated rings. The van der Waals surface area contributed by atoms with E-state index in [-0.39, 0.29) is 0 Å². The van der Waals surface area contributed by atoms with Gasteiger partial charge in [0.1, 0.15) is 5.75 Å². The fourth-order valence-electron chi connectivity index (χ4n) is 5.81. The van der Waals surface area contributed by atoms with Gasteiger partial charge in [-0.05, 0) is 48.8 Å². The van der Waals surface area contributed by atoms with Gasteiger partial charge in [-0.15, -0.1) is 0 Å². The van der Waals surface area contributed by atoms with E-state index in [9.17, 15) is 0 Å². The molecule has 4 bridgehead atoms. The van der Waals surface area contributed by atoms with E-state index in [1.54, 1.807) is 18.4 Å². The molecule has 0 radical (unpaired) electrons.